The molecule has 0 heterocycles. The zero-order valence-electron chi connectivity index (χ0n) is 22.6. The van der Waals surface area contributed by atoms with E-state index < -0.39 is 0 Å². The topological polar surface area (TPSA) is 64.6 Å². The average molecular weight is 511 g/mol. The van der Waals surface area contributed by atoms with Crippen molar-refractivity contribution in [3.63, 3.8) is 0 Å². The van der Waals surface area contributed by atoms with Crippen molar-refractivity contribution < 1.29 is 33.2 Å². The predicted octanol–water partition coefficient (Wildman–Crippen LogP) is 5.25. The van der Waals surface area contributed by atoms with E-state index in [2.05, 4.69) is 37.8 Å². The number of aryl methyl sites for hydroxylation is 1. The first-order valence-electron chi connectivity index (χ1n) is 13.7. The van der Waals surface area contributed by atoms with E-state index in [0.717, 1.165) is 12.2 Å². The van der Waals surface area contributed by atoms with Crippen LogP contribution in [0.2, 0.25) is 0 Å². The fourth-order valence-electron chi connectivity index (χ4n) is 3.35. The van der Waals surface area contributed by atoms with Gasteiger partial charge in [0.1, 0.15) is 12.4 Å². The van der Waals surface area contributed by atoms with Crippen molar-refractivity contribution in [2.24, 2.45) is 0 Å². The molecule has 0 saturated heterocycles. The molecule has 0 atom stereocenters. The molecule has 0 unspecified atom stereocenters. The van der Waals surface area contributed by atoms with Crippen LogP contribution in [0.3, 0.4) is 0 Å². The van der Waals surface area contributed by atoms with Crippen LogP contribution >= 0.6 is 0 Å². The number of ether oxygens (including phenoxy) is 7. The van der Waals surface area contributed by atoms with Crippen molar-refractivity contribution in [2.75, 3.05) is 85.9 Å². The number of unbranched alkanes of at least 4 members (excludes halogenated alkanes) is 5. The summed E-state index contributed by atoms with van der Waals surface area (Å²) in [5.74, 6) is 0.893. The molecule has 0 aliphatic rings. The summed E-state index contributed by atoms with van der Waals surface area (Å²) in [7, 11) is 0. The summed E-state index contributed by atoms with van der Waals surface area (Å²) in [6, 6.07) is 8.44. The molecule has 0 saturated carbocycles. The Balaban J connectivity index is 1.79. The Bertz CT molecular complexity index is 579. The molecule has 0 fully saturated rings. The summed E-state index contributed by atoms with van der Waals surface area (Å²) in [4.78, 5) is 0. The molecular weight excluding hydrogens is 460 g/mol. The lowest BCUT2D eigenvalue weighted by atomic mass is 10.0. The Kier molecular flexibility index (Phi) is 24.0. The third-order valence-corrected chi connectivity index (χ3v) is 5.33. The first-order chi connectivity index (χ1) is 17.9. The van der Waals surface area contributed by atoms with Gasteiger partial charge in [-0.1, -0.05) is 57.2 Å². The van der Waals surface area contributed by atoms with Crippen LogP contribution in [0, 0.1) is 0 Å². The number of hydrogen-bond acceptors (Lipinski definition) is 7. The maximum absolute atomic E-state index is 5.75. The van der Waals surface area contributed by atoms with Crippen LogP contribution in [0.4, 0.5) is 0 Å². The minimum Gasteiger partial charge on any atom is -0.491 e. The van der Waals surface area contributed by atoms with E-state index in [0.29, 0.717) is 85.9 Å². The van der Waals surface area contributed by atoms with Gasteiger partial charge in [-0.2, -0.15) is 0 Å². The maximum Gasteiger partial charge on any atom is 0.119 e. The third kappa shape index (κ3) is 21.8. The Hall–Kier alpha value is -1.48. The summed E-state index contributed by atoms with van der Waals surface area (Å²) >= 11 is 0. The van der Waals surface area contributed by atoms with Crippen LogP contribution < -0.4 is 4.74 Å². The predicted molar refractivity (Wildman–Crippen MR) is 144 cm³/mol. The molecule has 0 spiro atoms. The van der Waals surface area contributed by atoms with Crippen molar-refractivity contribution in [3.05, 3.63) is 42.5 Å². The van der Waals surface area contributed by atoms with Crippen LogP contribution in [0.15, 0.2) is 36.9 Å². The zero-order valence-corrected chi connectivity index (χ0v) is 22.6. The largest absolute Gasteiger partial charge is 0.491 e. The lowest BCUT2D eigenvalue weighted by Crippen LogP contribution is -2.14. The highest BCUT2D eigenvalue weighted by Gasteiger charge is 1.98. The quantitative estimate of drug-likeness (QED) is 0.113. The SMILES string of the molecule is C=CCOCCOCCOCCOCCOCCOCCOc1ccc(CCCCCCCC)cc1. The molecule has 0 aliphatic carbocycles. The van der Waals surface area contributed by atoms with Crippen molar-refractivity contribution in [1.82, 2.24) is 0 Å². The minimum absolute atomic E-state index is 0.536. The molecule has 36 heavy (non-hydrogen) atoms. The average Bonchev–Trinajstić information content (AvgIpc) is 2.90. The molecule has 7 nitrogen and oxygen atoms in total. The van der Waals surface area contributed by atoms with E-state index in [1.807, 2.05) is 0 Å². The van der Waals surface area contributed by atoms with E-state index in [1.54, 1.807) is 6.08 Å². The van der Waals surface area contributed by atoms with E-state index in [9.17, 15) is 0 Å². The Morgan fingerprint density at radius 3 is 1.50 bits per heavy atom. The van der Waals surface area contributed by atoms with Gasteiger partial charge in [-0.3, -0.25) is 0 Å². The minimum atomic E-state index is 0.536. The first-order valence-corrected chi connectivity index (χ1v) is 13.7. The second-order valence-corrected chi connectivity index (χ2v) is 8.44. The molecule has 0 N–H and O–H groups in total. The third-order valence-electron chi connectivity index (χ3n) is 5.33. The number of benzene rings is 1. The van der Waals surface area contributed by atoms with Crippen molar-refractivity contribution in [1.29, 1.82) is 0 Å². The zero-order chi connectivity index (χ0) is 25.8. The molecule has 1 aromatic carbocycles. The normalized spacial score (nSPS) is 11.1. The number of hydrogen-bond donors (Lipinski definition) is 0. The van der Waals surface area contributed by atoms with Gasteiger partial charge in [0.25, 0.3) is 0 Å². The molecule has 0 aromatic heterocycles. The van der Waals surface area contributed by atoms with E-state index in [4.69, 9.17) is 33.2 Å². The van der Waals surface area contributed by atoms with Gasteiger partial charge in [-0.25, -0.2) is 0 Å². The number of rotatable bonds is 28. The second kappa shape index (κ2) is 26.6. The van der Waals surface area contributed by atoms with Crippen LogP contribution in [0.25, 0.3) is 0 Å². The van der Waals surface area contributed by atoms with Crippen LogP contribution in [0.1, 0.15) is 51.0 Å². The lowest BCUT2D eigenvalue weighted by molar-refractivity contribution is -0.0168. The summed E-state index contributed by atoms with van der Waals surface area (Å²) < 4.78 is 38.3. The summed E-state index contributed by atoms with van der Waals surface area (Å²) in [6.45, 7) is 13.0. The highest BCUT2D eigenvalue weighted by atomic mass is 16.6. The smallest absolute Gasteiger partial charge is 0.119 e. The van der Waals surface area contributed by atoms with E-state index in [-0.39, 0.29) is 0 Å². The van der Waals surface area contributed by atoms with Gasteiger partial charge in [0.2, 0.25) is 0 Å². The summed E-state index contributed by atoms with van der Waals surface area (Å²) in [5.41, 5.74) is 1.38. The monoisotopic (exact) mass is 510 g/mol. The van der Waals surface area contributed by atoms with Gasteiger partial charge in [-0.15, -0.1) is 6.58 Å². The molecule has 1 rings (SSSR count). The van der Waals surface area contributed by atoms with Crippen molar-refractivity contribution in [3.8, 4) is 5.75 Å². The first kappa shape index (κ1) is 32.5. The van der Waals surface area contributed by atoms with Crippen LogP contribution in [0.5, 0.6) is 5.75 Å². The summed E-state index contributed by atoms with van der Waals surface area (Å²) in [5, 5.41) is 0. The molecule has 0 bridgehead atoms. The summed E-state index contributed by atoms with van der Waals surface area (Å²) in [6.07, 6.45) is 10.9. The molecule has 0 amide bonds. The van der Waals surface area contributed by atoms with Gasteiger partial charge in [-0.05, 0) is 30.5 Å². The molecule has 1 aromatic rings. The van der Waals surface area contributed by atoms with Crippen molar-refractivity contribution >= 4 is 0 Å². The lowest BCUT2D eigenvalue weighted by Gasteiger charge is -2.09. The maximum atomic E-state index is 5.75. The van der Waals surface area contributed by atoms with Gasteiger partial charge in [0, 0.05) is 0 Å². The Labute approximate surface area is 219 Å². The molecule has 0 aliphatic heterocycles. The Morgan fingerprint density at radius 1 is 0.556 bits per heavy atom. The molecular formula is C29H50O7. The Morgan fingerprint density at radius 2 is 1.00 bits per heavy atom. The van der Waals surface area contributed by atoms with Gasteiger partial charge < -0.3 is 33.2 Å². The fourth-order valence-corrected chi connectivity index (χ4v) is 3.35. The van der Waals surface area contributed by atoms with Gasteiger partial charge >= 0.3 is 0 Å². The van der Waals surface area contributed by atoms with E-state index >= 15 is 0 Å². The molecule has 0 radical (unpaired) electrons. The van der Waals surface area contributed by atoms with Gasteiger partial charge in [0.05, 0.1) is 79.3 Å². The second-order valence-electron chi connectivity index (χ2n) is 8.44. The molecule has 208 valence electrons. The van der Waals surface area contributed by atoms with Crippen molar-refractivity contribution in [2.45, 2.75) is 51.9 Å². The van der Waals surface area contributed by atoms with Gasteiger partial charge in [0.15, 0.2) is 0 Å². The van der Waals surface area contributed by atoms with E-state index in [1.165, 1.54) is 44.1 Å². The molecule has 7 heteroatoms. The highest BCUT2D eigenvalue weighted by Crippen LogP contribution is 2.15. The fraction of sp³-hybridized carbons (Fsp3) is 0.724. The van der Waals surface area contributed by atoms with Crippen LogP contribution in [-0.4, -0.2) is 85.9 Å². The standard InChI is InChI=1S/C29H50O7/c1-3-5-6-7-8-9-10-28-11-13-29(14-12-28)36-27-26-35-25-24-34-23-22-33-21-20-32-19-18-31-17-16-30-15-4-2/h4,11-14H,2-3,5-10,15-27H2,1H3. The van der Waals surface area contributed by atoms with Crippen LogP contribution in [-0.2, 0) is 34.8 Å². The highest BCUT2D eigenvalue weighted by molar-refractivity contribution is 5.27.